The fraction of sp³-hybridized carbons (Fsp3) is 0.292. The van der Waals surface area contributed by atoms with Crippen molar-refractivity contribution in [2.75, 3.05) is 13.1 Å². The summed E-state index contributed by atoms with van der Waals surface area (Å²) in [5, 5.41) is 1.10. The number of likely N-dealkylation sites (tertiary alicyclic amines) is 1. The smallest absolute Gasteiger partial charge is 0.261 e. The molecule has 6 rings (SSSR count). The molecule has 7 nitrogen and oxygen atoms in total. The van der Waals surface area contributed by atoms with Crippen LogP contribution in [0.15, 0.2) is 59.8 Å². The third-order valence-electron chi connectivity index (χ3n) is 6.76. The van der Waals surface area contributed by atoms with Gasteiger partial charge in [0.05, 0.1) is 5.56 Å². The number of hydrogen-bond acceptors (Lipinski definition) is 3. The number of nitrogens with zero attached hydrogens (tertiary/aromatic N) is 4. The Bertz CT molecular complexity index is 1380. The maximum Gasteiger partial charge on any atom is 0.261 e. The van der Waals surface area contributed by atoms with E-state index in [4.69, 9.17) is 0 Å². The molecule has 3 aromatic heterocycles. The van der Waals surface area contributed by atoms with E-state index < -0.39 is 0 Å². The van der Waals surface area contributed by atoms with Crippen LogP contribution in [0, 0.1) is 5.92 Å². The quantitative estimate of drug-likeness (QED) is 0.549. The van der Waals surface area contributed by atoms with Crippen LogP contribution in [0.25, 0.3) is 22.3 Å². The van der Waals surface area contributed by atoms with Gasteiger partial charge in [0, 0.05) is 68.0 Å². The molecule has 1 amide bonds. The largest absolute Gasteiger partial charge is 0.361 e. The highest BCUT2D eigenvalue weighted by Gasteiger charge is 2.37. The summed E-state index contributed by atoms with van der Waals surface area (Å²) in [5.74, 6) is 1.20. The highest BCUT2D eigenvalue weighted by atomic mass is 16.2. The highest BCUT2D eigenvalue weighted by Crippen LogP contribution is 2.36. The molecule has 5 heterocycles. The summed E-state index contributed by atoms with van der Waals surface area (Å²) in [7, 11) is 1.90. The van der Waals surface area contributed by atoms with Gasteiger partial charge in [-0.25, -0.2) is 4.98 Å². The Balaban J connectivity index is 1.32. The Labute approximate surface area is 178 Å². The second kappa shape index (κ2) is 6.70. The molecular formula is C24H23N5O2. The van der Waals surface area contributed by atoms with Crippen molar-refractivity contribution in [2.45, 2.75) is 18.9 Å². The average molecular weight is 413 g/mol. The van der Waals surface area contributed by atoms with Crippen LogP contribution < -0.4 is 5.56 Å². The summed E-state index contributed by atoms with van der Waals surface area (Å²) in [4.78, 5) is 36.0. The van der Waals surface area contributed by atoms with Crippen LogP contribution in [0.1, 0.15) is 28.4 Å². The second-order valence-corrected chi connectivity index (χ2v) is 8.74. The zero-order valence-corrected chi connectivity index (χ0v) is 17.3. The van der Waals surface area contributed by atoms with Gasteiger partial charge in [-0.15, -0.1) is 0 Å². The number of fused-ring (bicyclic) bond motifs is 5. The summed E-state index contributed by atoms with van der Waals surface area (Å²) < 4.78 is 3.78. The Morgan fingerprint density at radius 2 is 2.03 bits per heavy atom. The number of H-pyrrole nitrogens is 1. The molecule has 4 aromatic rings. The first-order chi connectivity index (χ1) is 15.1. The lowest BCUT2D eigenvalue weighted by Crippen LogP contribution is -2.49. The molecule has 31 heavy (non-hydrogen) atoms. The molecule has 7 heteroatoms. The van der Waals surface area contributed by atoms with E-state index in [9.17, 15) is 9.59 Å². The molecule has 0 saturated carbocycles. The molecule has 1 saturated heterocycles. The number of aromatic amines is 1. The molecule has 0 unspecified atom stereocenters. The van der Waals surface area contributed by atoms with Crippen LogP contribution in [-0.4, -0.2) is 43.0 Å². The summed E-state index contributed by atoms with van der Waals surface area (Å²) in [6.07, 6.45) is 6.46. The molecule has 0 spiro atoms. The maximum absolute atomic E-state index is 13.3. The molecule has 2 aliphatic heterocycles. The van der Waals surface area contributed by atoms with E-state index >= 15 is 0 Å². The Kier molecular flexibility index (Phi) is 3.93. The maximum atomic E-state index is 13.3. The van der Waals surface area contributed by atoms with Crippen molar-refractivity contribution in [1.29, 1.82) is 0 Å². The highest BCUT2D eigenvalue weighted by molar-refractivity contribution is 5.98. The van der Waals surface area contributed by atoms with Crippen LogP contribution in [0.4, 0.5) is 0 Å². The normalized spacial score (nSPS) is 20.1. The van der Waals surface area contributed by atoms with Crippen LogP contribution >= 0.6 is 0 Å². The number of amides is 1. The van der Waals surface area contributed by atoms with Crippen molar-refractivity contribution in [3.05, 3.63) is 76.6 Å². The molecule has 2 aliphatic rings. The first-order valence-electron chi connectivity index (χ1n) is 10.7. The van der Waals surface area contributed by atoms with E-state index in [1.165, 1.54) is 0 Å². The number of piperidine rings is 1. The van der Waals surface area contributed by atoms with Crippen molar-refractivity contribution in [2.24, 2.45) is 13.0 Å². The first kappa shape index (κ1) is 18.2. The van der Waals surface area contributed by atoms with E-state index in [-0.39, 0.29) is 23.3 Å². The predicted octanol–water partition coefficient (Wildman–Crippen LogP) is 2.99. The van der Waals surface area contributed by atoms with Gasteiger partial charge < -0.3 is 19.0 Å². The molecule has 0 radical (unpaired) electrons. The number of rotatable bonds is 2. The number of aryl methyl sites for hydroxylation is 1. The standard InChI is InChI=1S/C24H23N5O2/c1-27-9-8-26-22(27)19-4-5-21-18-10-15(13-29(21)24(19)31)12-28(14-18)23(30)17-3-2-16-6-7-25-20(16)11-17/h2-9,11,15,18,25H,10,12-14H2,1H3/t15-,18+/m0/s1. The minimum absolute atomic E-state index is 0.0125. The lowest BCUT2D eigenvalue weighted by atomic mass is 9.82. The van der Waals surface area contributed by atoms with E-state index in [1.807, 2.05) is 69.9 Å². The third-order valence-corrected chi connectivity index (χ3v) is 6.76. The molecule has 2 atom stereocenters. The van der Waals surface area contributed by atoms with E-state index in [2.05, 4.69) is 9.97 Å². The van der Waals surface area contributed by atoms with Crippen LogP contribution in [0.2, 0.25) is 0 Å². The number of benzene rings is 1. The van der Waals surface area contributed by atoms with E-state index in [0.717, 1.165) is 23.0 Å². The van der Waals surface area contributed by atoms with Gasteiger partial charge in [-0.1, -0.05) is 6.07 Å². The number of carbonyl (C=O) groups is 1. The number of imidazole rings is 1. The monoisotopic (exact) mass is 413 g/mol. The number of carbonyl (C=O) groups excluding carboxylic acids is 1. The van der Waals surface area contributed by atoms with Crippen molar-refractivity contribution < 1.29 is 4.79 Å². The van der Waals surface area contributed by atoms with Crippen LogP contribution in [0.5, 0.6) is 0 Å². The van der Waals surface area contributed by atoms with Crippen molar-refractivity contribution in [3.8, 4) is 11.4 Å². The lowest BCUT2D eigenvalue weighted by molar-refractivity contribution is 0.0595. The topological polar surface area (TPSA) is 75.9 Å². The number of hydrogen-bond donors (Lipinski definition) is 1. The van der Waals surface area contributed by atoms with Gasteiger partial charge >= 0.3 is 0 Å². The zero-order valence-electron chi connectivity index (χ0n) is 17.3. The van der Waals surface area contributed by atoms with Gasteiger partial charge in [-0.3, -0.25) is 9.59 Å². The predicted molar refractivity (Wildman–Crippen MR) is 118 cm³/mol. The minimum Gasteiger partial charge on any atom is -0.361 e. The first-order valence-corrected chi connectivity index (χ1v) is 10.7. The number of aromatic nitrogens is 4. The SMILES string of the molecule is Cn1ccnc1-c1ccc2n(c1=O)C[C@H]1C[C@@H]2CN(C(=O)c2ccc3cc[nH]c3c2)C1. The van der Waals surface area contributed by atoms with Gasteiger partial charge in [0.1, 0.15) is 5.82 Å². The second-order valence-electron chi connectivity index (χ2n) is 8.74. The van der Waals surface area contributed by atoms with Crippen molar-refractivity contribution in [1.82, 2.24) is 24.0 Å². The summed E-state index contributed by atoms with van der Waals surface area (Å²) in [6, 6.07) is 11.8. The van der Waals surface area contributed by atoms with Gasteiger partial charge in [-0.2, -0.15) is 0 Å². The Morgan fingerprint density at radius 3 is 2.87 bits per heavy atom. The summed E-state index contributed by atoms with van der Waals surface area (Å²) in [6.45, 7) is 1.96. The van der Waals surface area contributed by atoms with Crippen molar-refractivity contribution in [3.63, 3.8) is 0 Å². The molecule has 1 aromatic carbocycles. The molecule has 1 fully saturated rings. The molecule has 2 bridgehead atoms. The minimum atomic E-state index is 0.0125. The van der Waals surface area contributed by atoms with Crippen LogP contribution in [0.3, 0.4) is 0 Å². The zero-order chi connectivity index (χ0) is 21.1. The lowest BCUT2D eigenvalue weighted by Gasteiger charge is -2.43. The summed E-state index contributed by atoms with van der Waals surface area (Å²) >= 11 is 0. The van der Waals surface area contributed by atoms with Gasteiger partial charge in [0.15, 0.2) is 0 Å². The van der Waals surface area contributed by atoms with Gasteiger partial charge in [0.2, 0.25) is 0 Å². The Morgan fingerprint density at radius 1 is 1.13 bits per heavy atom. The molecule has 1 N–H and O–H groups in total. The van der Waals surface area contributed by atoms with E-state index in [0.29, 0.717) is 36.6 Å². The number of pyridine rings is 1. The summed E-state index contributed by atoms with van der Waals surface area (Å²) in [5.41, 5.74) is 3.35. The van der Waals surface area contributed by atoms with Gasteiger partial charge in [0.25, 0.3) is 11.5 Å². The third kappa shape index (κ3) is 2.84. The van der Waals surface area contributed by atoms with E-state index in [1.54, 1.807) is 6.20 Å². The number of nitrogens with one attached hydrogen (secondary N) is 1. The molecular weight excluding hydrogens is 390 g/mol. The van der Waals surface area contributed by atoms with Crippen LogP contribution in [-0.2, 0) is 13.6 Å². The fourth-order valence-corrected chi connectivity index (χ4v) is 5.27. The van der Waals surface area contributed by atoms with Crippen molar-refractivity contribution >= 4 is 16.8 Å². The molecule has 0 aliphatic carbocycles. The average Bonchev–Trinajstić information content (AvgIpc) is 3.42. The van der Waals surface area contributed by atoms with Gasteiger partial charge in [-0.05, 0) is 48.1 Å². The molecule has 156 valence electrons. The fourth-order valence-electron chi connectivity index (χ4n) is 5.27. The Hall–Kier alpha value is -3.61.